The molecule has 25 heavy (non-hydrogen) atoms. The van der Waals surface area contributed by atoms with Gasteiger partial charge in [0, 0.05) is 11.1 Å². The van der Waals surface area contributed by atoms with Gasteiger partial charge in [-0.25, -0.2) is 0 Å². The molecule has 2 rings (SSSR count). The fourth-order valence-electron chi connectivity index (χ4n) is 2.24. The number of amides is 2. The van der Waals surface area contributed by atoms with Crippen molar-refractivity contribution in [2.45, 2.75) is 6.42 Å². The van der Waals surface area contributed by atoms with Crippen molar-refractivity contribution in [3.05, 3.63) is 53.6 Å². The maximum Gasteiger partial charge on any atom is 0.269 e. The van der Waals surface area contributed by atoms with Crippen LogP contribution in [0.15, 0.2) is 42.5 Å². The third kappa shape index (κ3) is 4.63. The molecule has 132 valence electrons. The zero-order chi connectivity index (χ0) is 18.2. The normalized spacial score (nSPS) is 9.88. The summed E-state index contributed by atoms with van der Waals surface area (Å²) < 4.78 is 15.5. The molecule has 0 bridgehead atoms. The lowest BCUT2D eigenvalue weighted by atomic mass is 10.1. The third-order valence-electron chi connectivity index (χ3n) is 3.50. The predicted molar refractivity (Wildman–Crippen MR) is 91.9 cm³/mol. The third-order valence-corrected chi connectivity index (χ3v) is 3.50. The van der Waals surface area contributed by atoms with E-state index in [-0.39, 0.29) is 12.3 Å². The molecule has 0 unspecified atom stereocenters. The van der Waals surface area contributed by atoms with Crippen molar-refractivity contribution in [1.29, 1.82) is 0 Å². The Labute approximate surface area is 145 Å². The molecule has 0 aliphatic rings. The molecule has 0 aliphatic heterocycles. The zero-order valence-electron chi connectivity index (χ0n) is 14.3. The van der Waals surface area contributed by atoms with Crippen molar-refractivity contribution >= 4 is 11.8 Å². The van der Waals surface area contributed by atoms with Crippen molar-refractivity contribution in [3.8, 4) is 17.2 Å². The molecule has 2 aromatic rings. The first-order valence-corrected chi connectivity index (χ1v) is 7.52. The van der Waals surface area contributed by atoms with Crippen LogP contribution in [-0.2, 0) is 11.2 Å². The first kappa shape index (κ1) is 18.1. The Hall–Kier alpha value is -3.22. The van der Waals surface area contributed by atoms with Gasteiger partial charge < -0.3 is 14.2 Å². The maximum atomic E-state index is 12.1. The number of carbonyl (C=O) groups excluding carboxylic acids is 2. The number of carbonyl (C=O) groups is 2. The summed E-state index contributed by atoms with van der Waals surface area (Å²) in [7, 11) is 4.53. The van der Waals surface area contributed by atoms with E-state index in [1.807, 2.05) is 12.1 Å². The fraction of sp³-hybridized carbons (Fsp3) is 0.222. The van der Waals surface area contributed by atoms with E-state index in [1.54, 1.807) is 24.3 Å². The van der Waals surface area contributed by atoms with E-state index in [0.717, 1.165) is 5.56 Å². The van der Waals surface area contributed by atoms with E-state index in [2.05, 4.69) is 10.9 Å². The number of hydrazine groups is 1. The monoisotopic (exact) mass is 344 g/mol. The van der Waals surface area contributed by atoms with E-state index in [9.17, 15) is 9.59 Å². The van der Waals surface area contributed by atoms with Crippen LogP contribution in [0.3, 0.4) is 0 Å². The molecule has 2 amide bonds. The summed E-state index contributed by atoms with van der Waals surface area (Å²) in [6, 6.07) is 11.9. The van der Waals surface area contributed by atoms with Gasteiger partial charge in [0.15, 0.2) is 11.5 Å². The second-order valence-corrected chi connectivity index (χ2v) is 5.06. The summed E-state index contributed by atoms with van der Waals surface area (Å²) in [5.41, 5.74) is 5.80. The molecule has 0 atom stereocenters. The number of hydrogen-bond acceptors (Lipinski definition) is 5. The average Bonchev–Trinajstić information content (AvgIpc) is 2.65. The van der Waals surface area contributed by atoms with Crippen molar-refractivity contribution in [2.24, 2.45) is 0 Å². The smallest absolute Gasteiger partial charge is 0.269 e. The van der Waals surface area contributed by atoms with Crippen LogP contribution in [0.5, 0.6) is 17.2 Å². The molecule has 0 fully saturated rings. The molecule has 0 heterocycles. The van der Waals surface area contributed by atoms with Gasteiger partial charge in [0.25, 0.3) is 5.91 Å². The molecule has 0 radical (unpaired) electrons. The van der Waals surface area contributed by atoms with E-state index in [1.165, 1.54) is 27.4 Å². The summed E-state index contributed by atoms with van der Waals surface area (Å²) in [6.07, 6.45) is 0.0796. The number of methoxy groups -OCH3 is 3. The van der Waals surface area contributed by atoms with Gasteiger partial charge >= 0.3 is 0 Å². The molecular weight excluding hydrogens is 324 g/mol. The fourth-order valence-corrected chi connectivity index (χ4v) is 2.24. The van der Waals surface area contributed by atoms with E-state index >= 15 is 0 Å². The maximum absolute atomic E-state index is 12.1. The van der Waals surface area contributed by atoms with Crippen LogP contribution in [0.25, 0.3) is 0 Å². The highest BCUT2D eigenvalue weighted by molar-refractivity contribution is 5.96. The summed E-state index contributed by atoms with van der Waals surface area (Å²) in [6.45, 7) is 0. The number of benzene rings is 2. The molecule has 7 heteroatoms. The van der Waals surface area contributed by atoms with Crippen LogP contribution in [0.4, 0.5) is 0 Å². The molecule has 0 aromatic heterocycles. The Morgan fingerprint density at radius 2 is 1.52 bits per heavy atom. The Morgan fingerprint density at radius 1 is 0.840 bits per heavy atom. The van der Waals surface area contributed by atoms with Crippen molar-refractivity contribution in [2.75, 3.05) is 21.3 Å². The second kappa shape index (κ2) is 8.58. The minimum Gasteiger partial charge on any atom is -0.496 e. The van der Waals surface area contributed by atoms with Gasteiger partial charge in [-0.3, -0.25) is 20.4 Å². The van der Waals surface area contributed by atoms with Gasteiger partial charge in [-0.05, 0) is 24.3 Å². The molecule has 7 nitrogen and oxygen atoms in total. The highest BCUT2D eigenvalue weighted by Gasteiger charge is 2.13. The van der Waals surface area contributed by atoms with Crippen molar-refractivity contribution < 1.29 is 23.8 Å². The topological polar surface area (TPSA) is 85.9 Å². The SMILES string of the molecule is COc1ccccc1CC(=O)NNC(=O)c1ccc(OC)c(OC)c1. The Bertz CT molecular complexity index is 761. The van der Waals surface area contributed by atoms with Crippen LogP contribution in [0.1, 0.15) is 15.9 Å². The summed E-state index contributed by atoms with van der Waals surface area (Å²) >= 11 is 0. The summed E-state index contributed by atoms with van der Waals surface area (Å²) in [5, 5.41) is 0. The van der Waals surface area contributed by atoms with Crippen LogP contribution in [-0.4, -0.2) is 33.1 Å². The minimum absolute atomic E-state index is 0.0796. The Balaban J connectivity index is 1.96. The summed E-state index contributed by atoms with van der Waals surface area (Å²) in [4.78, 5) is 24.2. The Kier molecular flexibility index (Phi) is 6.22. The van der Waals surface area contributed by atoms with Crippen molar-refractivity contribution in [1.82, 2.24) is 10.9 Å². The predicted octanol–water partition coefficient (Wildman–Crippen LogP) is 1.72. The van der Waals surface area contributed by atoms with Crippen molar-refractivity contribution in [3.63, 3.8) is 0 Å². The minimum atomic E-state index is -0.464. The molecule has 2 N–H and O–H groups in total. The molecule has 0 aliphatic carbocycles. The first-order valence-electron chi connectivity index (χ1n) is 7.52. The van der Waals surface area contributed by atoms with Crippen LogP contribution in [0, 0.1) is 0 Å². The van der Waals surface area contributed by atoms with Gasteiger partial charge in [-0.2, -0.15) is 0 Å². The first-order chi connectivity index (χ1) is 12.1. The van der Waals surface area contributed by atoms with Gasteiger partial charge in [0.1, 0.15) is 5.75 Å². The lowest BCUT2D eigenvalue weighted by molar-refractivity contribution is -0.121. The zero-order valence-corrected chi connectivity index (χ0v) is 14.3. The highest BCUT2D eigenvalue weighted by Crippen LogP contribution is 2.27. The van der Waals surface area contributed by atoms with Gasteiger partial charge in [-0.15, -0.1) is 0 Å². The Morgan fingerprint density at radius 3 is 2.20 bits per heavy atom. The average molecular weight is 344 g/mol. The number of nitrogens with one attached hydrogen (secondary N) is 2. The number of rotatable bonds is 6. The largest absolute Gasteiger partial charge is 0.496 e. The molecular formula is C18H20N2O5. The quantitative estimate of drug-likeness (QED) is 0.779. The standard InChI is InChI=1S/C18H20N2O5/c1-23-14-7-5-4-6-12(14)11-17(21)19-20-18(22)13-8-9-15(24-2)16(10-13)25-3/h4-10H,11H2,1-3H3,(H,19,21)(H,20,22). The van der Waals surface area contributed by atoms with E-state index in [4.69, 9.17) is 14.2 Å². The van der Waals surface area contributed by atoms with Crippen LogP contribution in [0.2, 0.25) is 0 Å². The second-order valence-electron chi connectivity index (χ2n) is 5.06. The number of ether oxygens (including phenoxy) is 3. The molecule has 0 spiro atoms. The number of para-hydroxylation sites is 1. The number of hydrogen-bond donors (Lipinski definition) is 2. The summed E-state index contributed by atoms with van der Waals surface area (Å²) in [5.74, 6) is 0.728. The lowest BCUT2D eigenvalue weighted by Crippen LogP contribution is -2.42. The lowest BCUT2D eigenvalue weighted by Gasteiger charge is -2.11. The molecule has 0 saturated heterocycles. The van der Waals surface area contributed by atoms with E-state index in [0.29, 0.717) is 22.8 Å². The van der Waals surface area contributed by atoms with Gasteiger partial charge in [0.05, 0.1) is 27.8 Å². The van der Waals surface area contributed by atoms with Gasteiger partial charge in [-0.1, -0.05) is 18.2 Å². The molecule has 0 saturated carbocycles. The van der Waals surface area contributed by atoms with Crippen LogP contribution >= 0.6 is 0 Å². The molecule has 2 aromatic carbocycles. The van der Waals surface area contributed by atoms with Crippen LogP contribution < -0.4 is 25.1 Å². The van der Waals surface area contributed by atoms with Gasteiger partial charge in [0.2, 0.25) is 5.91 Å². The van der Waals surface area contributed by atoms with E-state index < -0.39 is 5.91 Å². The highest BCUT2D eigenvalue weighted by atomic mass is 16.5.